The summed E-state index contributed by atoms with van der Waals surface area (Å²) in [4.78, 5) is 48.5. The molecule has 0 aromatic rings. The number of esters is 3. The molecule has 3 unspecified atom stereocenters. The van der Waals surface area contributed by atoms with E-state index >= 15 is 0 Å². The molecular weight excluding hydrogens is 952 g/mol. The summed E-state index contributed by atoms with van der Waals surface area (Å²) in [6, 6.07) is 0. The monoisotopic (exact) mass is 1050 g/mol. The fourth-order valence-electron chi connectivity index (χ4n) is 7.27. The highest BCUT2D eigenvalue weighted by Crippen LogP contribution is 2.43. The maximum absolute atomic E-state index is 12.9. The number of rotatable bonds is 52. The topological polar surface area (TPSA) is 155 Å². The molecule has 0 aromatic heterocycles. The molecule has 3 atom stereocenters. The molecule has 0 amide bonds. The summed E-state index contributed by atoms with van der Waals surface area (Å²) >= 11 is 0. The first-order chi connectivity index (χ1) is 36.2. The van der Waals surface area contributed by atoms with Crippen LogP contribution in [0.4, 0.5) is 0 Å². The summed E-state index contributed by atoms with van der Waals surface area (Å²) in [5, 5.41) is 9.79. The van der Waals surface area contributed by atoms with E-state index in [4.69, 9.17) is 23.3 Å². The third kappa shape index (κ3) is 53.0. The molecule has 0 rings (SSSR count). The molecule has 2 N–H and O–H groups in total. The second-order valence-electron chi connectivity index (χ2n) is 18.7. The molecule has 0 radical (unpaired) electrons. The van der Waals surface area contributed by atoms with E-state index in [1.54, 1.807) is 0 Å². The molecule has 0 aliphatic carbocycles. The van der Waals surface area contributed by atoms with Gasteiger partial charge in [-0.05, 0) is 109 Å². The van der Waals surface area contributed by atoms with E-state index in [2.05, 4.69) is 118 Å². The SMILES string of the molecule is CC/C=C\C/C=C\C/C=C\C/C=C\C/C=C\C/C=C\CCC(=O)OCC(COP(=O)(O)OCC(CO)OC(=O)CCCCCCC/C=C\CCCC)OC(=O)CCCCCCCCC/C=C\C/C=C\CCCCC. The molecule has 0 aliphatic heterocycles. The molecule has 0 aromatic carbocycles. The Hall–Kier alpha value is -3.86. The van der Waals surface area contributed by atoms with Crippen molar-refractivity contribution in [3.8, 4) is 0 Å². The van der Waals surface area contributed by atoms with Crippen molar-refractivity contribution in [1.82, 2.24) is 0 Å². The molecule has 74 heavy (non-hydrogen) atoms. The zero-order valence-electron chi connectivity index (χ0n) is 46.5. The minimum atomic E-state index is -4.77. The average Bonchev–Trinajstić information content (AvgIpc) is 3.39. The number of aliphatic hydroxyl groups is 1. The number of hydrogen-bond acceptors (Lipinski definition) is 10. The van der Waals surface area contributed by atoms with Gasteiger partial charge in [-0.15, -0.1) is 0 Å². The lowest BCUT2D eigenvalue weighted by molar-refractivity contribution is -0.161. The first-order valence-corrected chi connectivity index (χ1v) is 30.3. The maximum atomic E-state index is 12.9. The van der Waals surface area contributed by atoms with Crippen LogP contribution in [0.25, 0.3) is 0 Å². The number of aliphatic hydroxyl groups excluding tert-OH is 1. The van der Waals surface area contributed by atoms with Crippen molar-refractivity contribution in [1.29, 1.82) is 0 Å². The van der Waals surface area contributed by atoms with Gasteiger partial charge in [0.2, 0.25) is 0 Å². The molecule has 12 heteroatoms. The van der Waals surface area contributed by atoms with Crippen LogP contribution in [0.3, 0.4) is 0 Å². The summed E-state index contributed by atoms with van der Waals surface area (Å²) in [7, 11) is -4.77. The van der Waals surface area contributed by atoms with Gasteiger partial charge in [0.1, 0.15) is 12.7 Å². The summed E-state index contributed by atoms with van der Waals surface area (Å²) in [5.74, 6) is -1.59. The number of carbonyl (C=O) groups excluding carboxylic acids is 3. The maximum Gasteiger partial charge on any atom is 0.472 e. The van der Waals surface area contributed by atoms with E-state index in [9.17, 15) is 28.9 Å². The molecule has 0 saturated heterocycles. The summed E-state index contributed by atoms with van der Waals surface area (Å²) in [5.41, 5.74) is 0. The Morgan fingerprint density at radius 2 is 0.743 bits per heavy atom. The third-order valence-electron chi connectivity index (χ3n) is 11.7. The zero-order chi connectivity index (χ0) is 54.1. The van der Waals surface area contributed by atoms with Gasteiger partial charge in [-0.1, -0.05) is 207 Å². The van der Waals surface area contributed by atoms with Gasteiger partial charge in [-0.25, -0.2) is 4.57 Å². The number of ether oxygens (including phenoxy) is 3. The number of hydrogen-bond donors (Lipinski definition) is 2. The Kier molecular flexibility index (Phi) is 52.5. The standard InChI is InChI=1S/C62H103O11P/c1-4-7-10-13-16-19-22-24-26-28-29-31-32-34-37-39-42-45-48-51-60(64)69-55-59(73-62(66)53-50-47-44-41-38-35-33-30-27-25-23-20-17-14-11-8-5-2)57-71-74(67,68)70-56-58(54-63)72-61(65)52-49-46-43-40-36-21-18-15-12-9-6-3/h7,10,15-20,24-27,29,31,34,37,42,45,58-59,63H,4-6,8-9,11-14,21-23,28,30,32-33,35-36,38-41,43-44,46-57H2,1-3H3,(H,67,68)/b10-7-,18-15-,19-16-,20-17-,26-24-,27-25-,31-29-,37-34-,45-42-. The number of unbranched alkanes of at least 4 members (excludes halogenated alkanes) is 17. The normalized spacial score (nSPS) is 14.2. The van der Waals surface area contributed by atoms with Gasteiger partial charge in [-0.3, -0.25) is 23.4 Å². The molecule has 0 fully saturated rings. The van der Waals surface area contributed by atoms with E-state index in [0.29, 0.717) is 19.3 Å². The largest absolute Gasteiger partial charge is 0.472 e. The Morgan fingerprint density at radius 3 is 1.19 bits per heavy atom. The summed E-state index contributed by atoms with van der Waals surface area (Å²) < 4.78 is 39.4. The number of phosphoric acid groups is 1. The van der Waals surface area contributed by atoms with Crippen molar-refractivity contribution in [3.05, 3.63) is 109 Å². The quantitative estimate of drug-likeness (QED) is 0.0197. The van der Waals surface area contributed by atoms with Gasteiger partial charge in [-0.2, -0.15) is 0 Å². The van der Waals surface area contributed by atoms with E-state index in [0.717, 1.165) is 116 Å². The molecule has 11 nitrogen and oxygen atoms in total. The van der Waals surface area contributed by atoms with Crippen LogP contribution in [0.15, 0.2) is 109 Å². The lowest BCUT2D eigenvalue weighted by Crippen LogP contribution is -2.30. The second kappa shape index (κ2) is 55.4. The van der Waals surface area contributed by atoms with Crippen LogP contribution < -0.4 is 0 Å². The molecule has 0 heterocycles. The fourth-order valence-corrected chi connectivity index (χ4v) is 8.06. The Balaban J connectivity index is 4.87. The van der Waals surface area contributed by atoms with Crippen LogP contribution in [0.5, 0.6) is 0 Å². The molecular formula is C62H103O11P. The van der Waals surface area contributed by atoms with Crippen LogP contribution in [0.1, 0.15) is 226 Å². The summed E-state index contributed by atoms with van der Waals surface area (Å²) in [6.07, 6.45) is 66.3. The van der Waals surface area contributed by atoms with Gasteiger partial charge < -0.3 is 24.2 Å². The highest BCUT2D eigenvalue weighted by atomic mass is 31.2. The predicted molar refractivity (Wildman–Crippen MR) is 307 cm³/mol. The van der Waals surface area contributed by atoms with Crippen LogP contribution in [0, 0.1) is 0 Å². The van der Waals surface area contributed by atoms with Crippen molar-refractivity contribution in [2.75, 3.05) is 26.4 Å². The Morgan fingerprint density at radius 1 is 0.392 bits per heavy atom. The Labute approximate surface area is 450 Å². The van der Waals surface area contributed by atoms with Crippen LogP contribution >= 0.6 is 7.82 Å². The molecule has 0 saturated carbocycles. The van der Waals surface area contributed by atoms with Crippen molar-refractivity contribution in [2.45, 2.75) is 238 Å². The van der Waals surface area contributed by atoms with Gasteiger partial charge in [0.15, 0.2) is 6.10 Å². The van der Waals surface area contributed by atoms with E-state index in [-0.39, 0.29) is 25.9 Å². The zero-order valence-corrected chi connectivity index (χ0v) is 47.4. The molecule has 0 spiro atoms. The lowest BCUT2D eigenvalue weighted by atomic mass is 10.1. The predicted octanol–water partition coefficient (Wildman–Crippen LogP) is 17.0. The van der Waals surface area contributed by atoms with Crippen molar-refractivity contribution < 1.29 is 52.2 Å². The van der Waals surface area contributed by atoms with Gasteiger partial charge in [0.05, 0.1) is 19.8 Å². The highest BCUT2D eigenvalue weighted by Gasteiger charge is 2.28. The van der Waals surface area contributed by atoms with Gasteiger partial charge >= 0.3 is 25.7 Å². The molecule has 0 aliphatic rings. The summed E-state index contributed by atoms with van der Waals surface area (Å²) in [6.45, 7) is 4.35. The van der Waals surface area contributed by atoms with Gasteiger partial charge in [0, 0.05) is 19.3 Å². The van der Waals surface area contributed by atoms with Crippen molar-refractivity contribution in [3.63, 3.8) is 0 Å². The first kappa shape index (κ1) is 70.1. The van der Waals surface area contributed by atoms with E-state index < -0.39 is 57.8 Å². The number of carbonyl (C=O) groups is 3. The van der Waals surface area contributed by atoms with Crippen LogP contribution in [-0.4, -0.2) is 66.5 Å². The van der Waals surface area contributed by atoms with E-state index in [1.165, 1.54) is 51.4 Å². The Bertz CT molecular complexity index is 1660. The first-order valence-electron chi connectivity index (χ1n) is 28.8. The van der Waals surface area contributed by atoms with Crippen LogP contribution in [0.2, 0.25) is 0 Å². The lowest BCUT2D eigenvalue weighted by Gasteiger charge is -2.21. The third-order valence-corrected chi connectivity index (χ3v) is 12.6. The minimum absolute atomic E-state index is 0.0944. The minimum Gasteiger partial charge on any atom is -0.462 e. The van der Waals surface area contributed by atoms with Crippen LogP contribution in [-0.2, 0) is 42.2 Å². The van der Waals surface area contributed by atoms with E-state index in [1.807, 2.05) is 12.2 Å². The number of phosphoric ester groups is 1. The van der Waals surface area contributed by atoms with Gasteiger partial charge in [0.25, 0.3) is 0 Å². The average molecular weight is 1060 g/mol. The second-order valence-corrected chi connectivity index (χ2v) is 20.2. The fraction of sp³-hybridized carbons (Fsp3) is 0.661. The highest BCUT2D eigenvalue weighted by molar-refractivity contribution is 7.47. The molecule has 422 valence electrons. The smallest absolute Gasteiger partial charge is 0.462 e. The molecule has 0 bridgehead atoms. The van der Waals surface area contributed by atoms with Crippen molar-refractivity contribution in [2.24, 2.45) is 0 Å². The van der Waals surface area contributed by atoms with Crippen molar-refractivity contribution >= 4 is 25.7 Å². The number of allylic oxidation sites excluding steroid dienone is 18.